The predicted octanol–water partition coefficient (Wildman–Crippen LogP) is 5.44. The van der Waals surface area contributed by atoms with Gasteiger partial charge in [0.25, 0.3) is 0 Å². The Labute approximate surface area is 225 Å². The zero-order valence-corrected chi connectivity index (χ0v) is 22.0. The maximum absolute atomic E-state index is 13.4. The number of benzene rings is 3. The number of ether oxygens (including phenoxy) is 1. The standard InChI is InChI=1S/C33H36N2O3/c1-38-29-19-17-28(18-20-29)34-33(37)27-10-6-3-7-21-35-30(22-27)32(31(35)23-36)26-15-13-25(14-16-26)12-11-24-8-4-2-5-9-24/h2,4-5,8-9,13-20,27,30-32,36H,3,6-7,10,21-23H2,1H3,(H,34,37)/t27?,30-,31+,32+/m0/s1. The SMILES string of the molecule is COc1ccc(NC(=O)C2CCCCCN3[C@H](CO)[C@H](c4ccc(C#Cc5ccccc5)cc4)[C@@H]3C2)cc1. The first-order chi connectivity index (χ1) is 18.7. The molecule has 0 aliphatic carbocycles. The maximum Gasteiger partial charge on any atom is 0.227 e. The number of carbonyl (C=O) groups excluding carboxylic acids is 1. The van der Waals surface area contributed by atoms with Gasteiger partial charge in [-0.2, -0.15) is 0 Å². The first-order valence-corrected chi connectivity index (χ1v) is 13.6. The van der Waals surface area contributed by atoms with Gasteiger partial charge in [-0.05, 0) is 79.9 Å². The average Bonchev–Trinajstić information content (AvgIpc) is 3.04. The number of nitrogens with one attached hydrogen (secondary N) is 1. The van der Waals surface area contributed by atoms with E-state index in [-0.39, 0.29) is 36.4 Å². The smallest absolute Gasteiger partial charge is 0.227 e. The molecule has 2 aliphatic heterocycles. The Morgan fingerprint density at radius 1 is 0.947 bits per heavy atom. The number of amides is 1. The van der Waals surface area contributed by atoms with Crippen LogP contribution < -0.4 is 10.1 Å². The number of fused-ring (bicyclic) bond motifs is 1. The average molecular weight is 509 g/mol. The highest BCUT2D eigenvalue weighted by Crippen LogP contribution is 2.45. The molecule has 2 aliphatic rings. The van der Waals surface area contributed by atoms with E-state index in [1.54, 1.807) is 7.11 Å². The van der Waals surface area contributed by atoms with Gasteiger partial charge in [-0.15, -0.1) is 0 Å². The Morgan fingerprint density at radius 3 is 2.34 bits per heavy atom. The third-order valence-electron chi connectivity index (χ3n) is 8.01. The summed E-state index contributed by atoms with van der Waals surface area (Å²) < 4.78 is 5.24. The van der Waals surface area contributed by atoms with Gasteiger partial charge in [0.15, 0.2) is 0 Å². The highest BCUT2D eigenvalue weighted by Gasteiger charge is 2.49. The van der Waals surface area contributed by atoms with Crippen molar-refractivity contribution in [1.82, 2.24) is 4.90 Å². The highest BCUT2D eigenvalue weighted by atomic mass is 16.5. The van der Waals surface area contributed by atoms with Gasteiger partial charge in [-0.3, -0.25) is 9.69 Å². The molecule has 2 saturated heterocycles. The molecule has 5 rings (SSSR count). The topological polar surface area (TPSA) is 61.8 Å². The molecule has 5 heteroatoms. The van der Waals surface area contributed by atoms with E-state index in [0.717, 1.165) is 61.2 Å². The lowest BCUT2D eigenvalue weighted by molar-refractivity contribution is -0.122. The second-order valence-corrected chi connectivity index (χ2v) is 10.3. The van der Waals surface area contributed by atoms with Gasteiger partial charge in [-0.1, -0.05) is 55.0 Å². The van der Waals surface area contributed by atoms with Crippen LogP contribution in [0.15, 0.2) is 78.9 Å². The van der Waals surface area contributed by atoms with Crippen molar-refractivity contribution >= 4 is 11.6 Å². The monoisotopic (exact) mass is 508 g/mol. The van der Waals surface area contributed by atoms with E-state index in [4.69, 9.17) is 4.74 Å². The molecule has 0 saturated carbocycles. The third-order valence-corrected chi connectivity index (χ3v) is 8.01. The van der Waals surface area contributed by atoms with Crippen LogP contribution in [0.2, 0.25) is 0 Å². The minimum absolute atomic E-state index is 0.0687. The number of carbonyl (C=O) groups is 1. The lowest BCUT2D eigenvalue weighted by atomic mass is 9.71. The van der Waals surface area contributed by atoms with Gasteiger partial charge in [0.2, 0.25) is 5.91 Å². The fraction of sp³-hybridized carbons (Fsp3) is 0.364. The van der Waals surface area contributed by atoms with Crippen molar-refractivity contribution in [2.45, 2.75) is 50.1 Å². The van der Waals surface area contributed by atoms with Gasteiger partial charge < -0.3 is 15.2 Å². The molecule has 1 amide bonds. The Bertz CT molecular complexity index is 1260. The Morgan fingerprint density at radius 2 is 1.66 bits per heavy atom. The van der Waals surface area contributed by atoms with Gasteiger partial charge >= 0.3 is 0 Å². The Hall–Kier alpha value is -3.59. The van der Waals surface area contributed by atoms with Crippen LogP contribution in [0.5, 0.6) is 5.75 Å². The van der Waals surface area contributed by atoms with Crippen LogP contribution >= 0.6 is 0 Å². The predicted molar refractivity (Wildman–Crippen MR) is 151 cm³/mol. The lowest BCUT2D eigenvalue weighted by Crippen LogP contribution is -2.64. The van der Waals surface area contributed by atoms with E-state index in [1.165, 1.54) is 5.56 Å². The summed E-state index contributed by atoms with van der Waals surface area (Å²) in [5, 5.41) is 13.4. The Balaban J connectivity index is 1.32. The molecule has 38 heavy (non-hydrogen) atoms. The van der Waals surface area contributed by atoms with Crippen LogP contribution in [0.3, 0.4) is 0 Å². The number of methoxy groups -OCH3 is 1. The maximum atomic E-state index is 13.4. The highest BCUT2D eigenvalue weighted by molar-refractivity contribution is 5.92. The summed E-state index contributed by atoms with van der Waals surface area (Å²) >= 11 is 0. The number of hydrogen-bond donors (Lipinski definition) is 2. The van der Waals surface area contributed by atoms with Crippen LogP contribution in [-0.4, -0.2) is 48.3 Å². The van der Waals surface area contributed by atoms with Crippen LogP contribution in [-0.2, 0) is 4.79 Å². The van der Waals surface area contributed by atoms with Crippen molar-refractivity contribution in [2.75, 3.05) is 25.6 Å². The molecule has 0 radical (unpaired) electrons. The van der Waals surface area contributed by atoms with Gasteiger partial charge in [-0.25, -0.2) is 0 Å². The molecule has 2 fully saturated rings. The first kappa shape index (κ1) is 26.0. The van der Waals surface area contributed by atoms with Gasteiger partial charge in [0.05, 0.1) is 13.7 Å². The number of anilines is 1. The number of aliphatic hydroxyl groups excluding tert-OH is 1. The van der Waals surface area contributed by atoms with Gasteiger partial charge in [0, 0.05) is 40.7 Å². The number of aliphatic hydroxyl groups is 1. The summed E-state index contributed by atoms with van der Waals surface area (Å²) in [6.45, 7) is 1.10. The molecule has 0 aromatic heterocycles. The van der Waals surface area contributed by atoms with Crippen LogP contribution in [0.25, 0.3) is 0 Å². The summed E-state index contributed by atoms with van der Waals surface area (Å²) in [4.78, 5) is 15.8. The van der Waals surface area contributed by atoms with Crippen LogP contribution in [0, 0.1) is 17.8 Å². The molecule has 3 aromatic carbocycles. The second-order valence-electron chi connectivity index (χ2n) is 10.3. The third kappa shape index (κ3) is 5.93. The van der Waals surface area contributed by atoms with Crippen molar-refractivity contribution in [3.63, 3.8) is 0 Å². The summed E-state index contributed by atoms with van der Waals surface area (Å²) in [5.41, 5.74) is 3.97. The van der Waals surface area contributed by atoms with Gasteiger partial charge in [0.1, 0.15) is 5.75 Å². The number of rotatable bonds is 5. The summed E-state index contributed by atoms with van der Waals surface area (Å²) in [7, 11) is 1.64. The van der Waals surface area contributed by atoms with Crippen molar-refractivity contribution in [3.05, 3.63) is 95.6 Å². The zero-order valence-electron chi connectivity index (χ0n) is 22.0. The van der Waals surface area contributed by atoms with Crippen molar-refractivity contribution in [2.24, 2.45) is 5.92 Å². The molecule has 4 atom stereocenters. The fourth-order valence-corrected chi connectivity index (χ4v) is 5.97. The lowest BCUT2D eigenvalue weighted by Gasteiger charge is -2.56. The quantitative estimate of drug-likeness (QED) is 0.451. The summed E-state index contributed by atoms with van der Waals surface area (Å²) in [5.74, 6) is 7.45. The first-order valence-electron chi connectivity index (χ1n) is 13.6. The molecule has 196 valence electrons. The van der Waals surface area contributed by atoms with E-state index in [9.17, 15) is 9.90 Å². The Kier molecular flexibility index (Phi) is 8.43. The van der Waals surface area contributed by atoms with Crippen LogP contribution in [0.4, 0.5) is 5.69 Å². The molecule has 0 spiro atoms. The van der Waals surface area contributed by atoms with E-state index in [1.807, 2.05) is 54.6 Å². The van der Waals surface area contributed by atoms with E-state index in [0.29, 0.717) is 0 Å². The van der Waals surface area contributed by atoms with Crippen molar-refractivity contribution in [3.8, 4) is 17.6 Å². The van der Waals surface area contributed by atoms with E-state index in [2.05, 4.69) is 46.3 Å². The fourth-order valence-electron chi connectivity index (χ4n) is 5.97. The minimum atomic E-state index is -0.0687. The summed E-state index contributed by atoms with van der Waals surface area (Å²) in [6.07, 6.45) is 4.92. The molecule has 5 nitrogen and oxygen atoms in total. The zero-order chi connectivity index (χ0) is 26.3. The molecule has 0 bridgehead atoms. The molecular weight excluding hydrogens is 472 g/mol. The molecular formula is C33H36N2O3. The van der Waals surface area contributed by atoms with Crippen LogP contribution in [0.1, 0.15) is 54.7 Å². The molecule has 2 N–H and O–H groups in total. The van der Waals surface area contributed by atoms with E-state index >= 15 is 0 Å². The molecule has 3 aromatic rings. The van der Waals surface area contributed by atoms with E-state index < -0.39 is 0 Å². The molecule has 2 heterocycles. The summed E-state index contributed by atoms with van der Waals surface area (Å²) in [6, 6.07) is 26.3. The minimum Gasteiger partial charge on any atom is -0.497 e. The molecule has 1 unspecified atom stereocenters. The number of hydrogen-bond acceptors (Lipinski definition) is 4. The normalized spacial score (nSPS) is 23.3. The van der Waals surface area contributed by atoms with Crippen molar-refractivity contribution < 1.29 is 14.6 Å². The van der Waals surface area contributed by atoms with Crippen molar-refractivity contribution in [1.29, 1.82) is 0 Å². The number of nitrogens with zero attached hydrogens (tertiary/aromatic N) is 1. The largest absolute Gasteiger partial charge is 0.497 e. The second kappa shape index (κ2) is 12.3.